The lowest BCUT2D eigenvalue weighted by molar-refractivity contribution is -0.385. The Bertz CT molecular complexity index is 423. The molecule has 1 aromatic rings. The van der Waals surface area contributed by atoms with E-state index >= 15 is 0 Å². The van der Waals surface area contributed by atoms with Gasteiger partial charge in [0.15, 0.2) is 0 Å². The first-order valence-corrected chi connectivity index (χ1v) is 4.30. The third-order valence-electron chi connectivity index (χ3n) is 2.14. The maximum Gasteiger partial charge on any atom is 0.407 e. The van der Waals surface area contributed by atoms with Gasteiger partial charge < -0.3 is 5.73 Å². The molecule has 4 nitrogen and oxygen atoms in total. The fraction of sp³-hybridized carbons (Fsp3) is 0.333. The van der Waals surface area contributed by atoms with Gasteiger partial charge in [0.25, 0.3) is 5.69 Å². The molecule has 0 unspecified atom stereocenters. The van der Waals surface area contributed by atoms with Crippen molar-refractivity contribution < 1.29 is 18.1 Å². The van der Waals surface area contributed by atoms with Crippen LogP contribution in [0.3, 0.4) is 0 Å². The molecule has 0 radical (unpaired) electrons. The number of alkyl halides is 3. The number of nitrogens with zero attached hydrogens (tertiary/aromatic N) is 1. The van der Waals surface area contributed by atoms with Gasteiger partial charge in [0, 0.05) is 11.6 Å². The molecule has 1 aromatic carbocycles. The Morgan fingerprint density at radius 2 is 1.94 bits per heavy atom. The van der Waals surface area contributed by atoms with Crippen molar-refractivity contribution in [3.63, 3.8) is 0 Å². The molecule has 1 atom stereocenters. The number of rotatable bonds is 2. The van der Waals surface area contributed by atoms with Crippen molar-refractivity contribution in [2.24, 2.45) is 5.73 Å². The number of nitro benzene ring substituents is 1. The van der Waals surface area contributed by atoms with E-state index in [0.717, 1.165) is 12.1 Å². The quantitative estimate of drug-likeness (QED) is 0.663. The van der Waals surface area contributed by atoms with Gasteiger partial charge in [-0.05, 0) is 12.5 Å². The Labute approximate surface area is 101 Å². The van der Waals surface area contributed by atoms with Gasteiger partial charge in [-0.2, -0.15) is 13.2 Å². The van der Waals surface area contributed by atoms with E-state index in [2.05, 4.69) is 0 Å². The third kappa shape index (κ3) is 3.57. The molecular formula is C9H10ClF3N2O2. The van der Waals surface area contributed by atoms with Crippen LogP contribution in [0.15, 0.2) is 18.2 Å². The van der Waals surface area contributed by atoms with Crippen LogP contribution in [0.1, 0.15) is 17.2 Å². The average molecular weight is 271 g/mol. The van der Waals surface area contributed by atoms with Crippen LogP contribution in [-0.2, 0) is 0 Å². The van der Waals surface area contributed by atoms with Crippen LogP contribution >= 0.6 is 12.4 Å². The van der Waals surface area contributed by atoms with Gasteiger partial charge in [-0.25, -0.2) is 0 Å². The second-order valence-electron chi connectivity index (χ2n) is 3.32. The van der Waals surface area contributed by atoms with Crippen LogP contribution in [0.5, 0.6) is 0 Å². The van der Waals surface area contributed by atoms with E-state index in [1.165, 1.54) is 13.0 Å². The van der Waals surface area contributed by atoms with Gasteiger partial charge in [-0.1, -0.05) is 12.1 Å². The Hall–Kier alpha value is -1.34. The first-order chi connectivity index (χ1) is 7.23. The number of hydrogen-bond donors (Lipinski definition) is 1. The molecular weight excluding hydrogens is 261 g/mol. The molecule has 0 aromatic heterocycles. The van der Waals surface area contributed by atoms with Crippen LogP contribution in [0, 0.1) is 17.0 Å². The standard InChI is InChI=1S/C9H9F3N2O2.ClH/c1-5-2-3-6(4-7(5)14(15)16)8(13)9(10,11)12;/h2-4,8H,13H2,1H3;1H/t8-;/m0./s1. The van der Waals surface area contributed by atoms with Crippen molar-refractivity contribution in [1.29, 1.82) is 0 Å². The average Bonchev–Trinajstić information content (AvgIpc) is 2.15. The Balaban J connectivity index is 0.00000256. The molecule has 17 heavy (non-hydrogen) atoms. The monoisotopic (exact) mass is 270 g/mol. The molecule has 0 aliphatic heterocycles. The number of nitro groups is 1. The van der Waals surface area contributed by atoms with Gasteiger partial charge in [0.1, 0.15) is 6.04 Å². The minimum absolute atomic E-state index is 0. The summed E-state index contributed by atoms with van der Waals surface area (Å²) in [5.74, 6) is 0. The smallest absolute Gasteiger partial charge is 0.316 e. The van der Waals surface area contributed by atoms with E-state index in [-0.39, 0.29) is 23.7 Å². The molecule has 0 amide bonds. The van der Waals surface area contributed by atoms with E-state index < -0.39 is 17.1 Å². The predicted octanol–water partition coefficient (Wildman–Crippen LogP) is 2.89. The van der Waals surface area contributed by atoms with Gasteiger partial charge in [-0.3, -0.25) is 10.1 Å². The van der Waals surface area contributed by atoms with Crippen molar-refractivity contribution in [2.45, 2.75) is 19.1 Å². The maximum absolute atomic E-state index is 12.3. The van der Waals surface area contributed by atoms with Crippen molar-refractivity contribution in [3.8, 4) is 0 Å². The summed E-state index contributed by atoms with van der Waals surface area (Å²) in [6.07, 6.45) is -4.61. The molecule has 0 aliphatic rings. The zero-order chi connectivity index (χ0) is 12.5. The van der Waals surface area contributed by atoms with E-state index in [1.54, 1.807) is 0 Å². The van der Waals surface area contributed by atoms with Crippen molar-refractivity contribution >= 4 is 18.1 Å². The number of benzene rings is 1. The van der Waals surface area contributed by atoms with Crippen LogP contribution < -0.4 is 5.73 Å². The largest absolute Gasteiger partial charge is 0.407 e. The highest BCUT2D eigenvalue weighted by molar-refractivity contribution is 5.85. The predicted molar refractivity (Wildman–Crippen MR) is 58.1 cm³/mol. The zero-order valence-corrected chi connectivity index (χ0v) is 9.51. The first kappa shape index (κ1) is 15.7. The fourth-order valence-electron chi connectivity index (χ4n) is 1.21. The van der Waals surface area contributed by atoms with Gasteiger partial charge >= 0.3 is 6.18 Å². The van der Waals surface area contributed by atoms with Crippen LogP contribution in [0.25, 0.3) is 0 Å². The molecule has 1 rings (SSSR count). The minimum Gasteiger partial charge on any atom is -0.316 e. The topological polar surface area (TPSA) is 69.2 Å². The zero-order valence-electron chi connectivity index (χ0n) is 8.69. The van der Waals surface area contributed by atoms with Gasteiger partial charge in [-0.15, -0.1) is 12.4 Å². The first-order valence-electron chi connectivity index (χ1n) is 4.30. The number of hydrogen-bond acceptors (Lipinski definition) is 3. The lowest BCUT2D eigenvalue weighted by atomic mass is 10.0. The lowest BCUT2D eigenvalue weighted by Crippen LogP contribution is -2.28. The number of halogens is 4. The normalized spacial score (nSPS) is 12.8. The van der Waals surface area contributed by atoms with E-state index in [1.807, 2.05) is 0 Å². The fourth-order valence-corrected chi connectivity index (χ4v) is 1.21. The summed E-state index contributed by atoms with van der Waals surface area (Å²) >= 11 is 0. The summed E-state index contributed by atoms with van der Waals surface area (Å²) in [7, 11) is 0. The Morgan fingerprint density at radius 1 is 1.41 bits per heavy atom. The second-order valence-corrected chi connectivity index (χ2v) is 3.32. The van der Waals surface area contributed by atoms with E-state index in [0.29, 0.717) is 5.56 Å². The molecule has 0 aliphatic carbocycles. The van der Waals surface area contributed by atoms with Crippen molar-refractivity contribution in [3.05, 3.63) is 39.4 Å². The van der Waals surface area contributed by atoms with Crippen LogP contribution in [0.2, 0.25) is 0 Å². The second kappa shape index (κ2) is 5.33. The molecule has 2 N–H and O–H groups in total. The lowest BCUT2D eigenvalue weighted by Gasteiger charge is -2.15. The van der Waals surface area contributed by atoms with Gasteiger partial charge in [0.2, 0.25) is 0 Å². The van der Waals surface area contributed by atoms with Gasteiger partial charge in [0.05, 0.1) is 4.92 Å². The maximum atomic E-state index is 12.3. The molecule has 8 heteroatoms. The van der Waals surface area contributed by atoms with Crippen molar-refractivity contribution in [1.82, 2.24) is 0 Å². The molecule has 0 fully saturated rings. The molecule has 96 valence electrons. The van der Waals surface area contributed by atoms with E-state index in [4.69, 9.17) is 5.73 Å². The van der Waals surface area contributed by atoms with Crippen molar-refractivity contribution in [2.75, 3.05) is 0 Å². The number of aryl methyl sites for hydroxylation is 1. The summed E-state index contributed by atoms with van der Waals surface area (Å²) in [6, 6.07) is 1.04. The summed E-state index contributed by atoms with van der Waals surface area (Å²) in [4.78, 5) is 9.80. The Morgan fingerprint density at radius 3 is 2.35 bits per heavy atom. The summed E-state index contributed by atoms with van der Waals surface area (Å²) in [6.45, 7) is 1.45. The minimum atomic E-state index is -4.61. The number of nitrogens with two attached hydrogens (primary N) is 1. The highest BCUT2D eigenvalue weighted by Crippen LogP contribution is 2.32. The molecule has 0 heterocycles. The highest BCUT2D eigenvalue weighted by Gasteiger charge is 2.38. The SMILES string of the molecule is Cc1ccc([C@H](N)C(F)(F)F)cc1[N+](=O)[O-].Cl. The summed E-state index contributed by atoms with van der Waals surface area (Å²) < 4.78 is 36.8. The third-order valence-corrected chi connectivity index (χ3v) is 2.14. The van der Waals surface area contributed by atoms with Crippen LogP contribution in [-0.4, -0.2) is 11.1 Å². The molecule has 0 spiro atoms. The Kier molecular flexibility index (Phi) is 4.91. The van der Waals surface area contributed by atoms with E-state index in [9.17, 15) is 23.3 Å². The molecule has 0 bridgehead atoms. The molecule has 0 saturated heterocycles. The summed E-state index contributed by atoms with van der Waals surface area (Å²) in [5, 5.41) is 10.5. The molecule has 0 saturated carbocycles. The highest BCUT2D eigenvalue weighted by atomic mass is 35.5. The summed E-state index contributed by atoms with van der Waals surface area (Å²) in [5.41, 5.74) is 4.56. The van der Waals surface area contributed by atoms with Crippen LogP contribution in [0.4, 0.5) is 18.9 Å².